The highest BCUT2D eigenvalue weighted by Gasteiger charge is 2.44. The number of hydrogen-bond donors (Lipinski definition) is 1. The highest BCUT2D eigenvalue weighted by Crippen LogP contribution is 2.40. The van der Waals surface area contributed by atoms with Gasteiger partial charge in [-0.3, -0.25) is 0 Å². The van der Waals surface area contributed by atoms with E-state index in [0.29, 0.717) is 11.6 Å². The predicted molar refractivity (Wildman–Crippen MR) is 71.8 cm³/mol. The van der Waals surface area contributed by atoms with Gasteiger partial charge in [0, 0.05) is 11.6 Å². The van der Waals surface area contributed by atoms with Crippen molar-refractivity contribution in [1.82, 2.24) is 10.2 Å². The highest BCUT2D eigenvalue weighted by atomic mass is 15.2. The van der Waals surface area contributed by atoms with E-state index in [4.69, 9.17) is 0 Å². The fourth-order valence-electron chi connectivity index (χ4n) is 3.73. The van der Waals surface area contributed by atoms with Gasteiger partial charge in [-0.15, -0.1) is 0 Å². The Morgan fingerprint density at radius 1 is 1.12 bits per heavy atom. The van der Waals surface area contributed by atoms with Crippen LogP contribution in [-0.2, 0) is 0 Å². The van der Waals surface area contributed by atoms with Crippen LogP contribution in [-0.4, -0.2) is 37.6 Å². The first kappa shape index (κ1) is 14.0. The van der Waals surface area contributed by atoms with E-state index >= 15 is 0 Å². The molecule has 1 unspecified atom stereocenters. The zero-order valence-corrected chi connectivity index (χ0v) is 11.8. The van der Waals surface area contributed by atoms with Crippen molar-refractivity contribution in [2.24, 2.45) is 5.92 Å². The zero-order chi connectivity index (χ0) is 12.2. The third-order valence-electron chi connectivity index (χ3n) is 4.77. The summed E-state index contributed by atoms with van der Waals surface area (Å²) >= 11 is 0. The summed E-state index contributed by atoms with van der Waals surface area (Å²) in [4.78, 5) is 2.49. The Bertz CT molecular complexity index is 191. The van der Waals surface area contributed by atoms with Gasteiger partial charge in [-0.2, -0.15) is 0 Å². The molecule has 96 valence electrons. The van der Waals surface area contributed by atoms with Gasteiger partial charge in [-0.1, -0.05) is 39.5 Å². The lowest BCUT2D eigenvalue weighted by Crippen LogP contribution is -2.59. The Kier molecular flexibility index (Phi) is 5.26. The summed E-state index contributed by atoms with van der Waals surface area (Å²) in [5.74, 6) is 0.811. The first-order chi connectivity index (χ1) is 7.62. The molecular weight excluding hydrogens is 196 g/mol. The second kappa shape index (κ2) is 6.02. The molecule has 1 N–H and O–H groups in total. The lowest BCUT2D eigenvalue weighted by atomic mass is 9.77. The van der Waals surface area contributed by atoms with Crippen LogP contribution in [0, 0.1) is 5.92 Å². The van der Waals surface area contributed by atoms with Crippen LogP contribution in [0.15, 0.2) is 0 Å². The van der Waals surface area contributed by atoms with E-state index in [0.717, 1.165) is 5.92 Å². The molecule has 0 aromatic rings. The molecule has 1 rings (SSSR count). The Morgan fingerprint density at radius 3 is 1.94 bits per heavy atom. The van der Waals surface area contributed by atoms with Gasteiger partial charge < -0.3 is 10.2 Å². The van der Waals surface area contributed by atoms with Gasteiger partial charge in [-0.05, 0) is 39.9 Å². The second-order valence-corrected chi connectivity index (χ2v) is 5.55. The SMILES string of the molecule is CCC(CC)C(NC)C1(N(C)C)CCCC1. The van der Waals surface area contributed by atoms with Gasteiger partial charge >= 0.3 is 0 Å². The van der Waals surface area contributed by atoms with Crippen LogP contribution in [0.25, 0.3) is 0 Å². The quantitative estimate of drug-likeness (QED) is 0.749. The van der Waals surface area contributed by atoms with Gasteiger partial charge in [0.05, 0.1) is 0 Å². The van der Waals surface area contributed by atoms with Crippen LogP contribution in [0.4, 0.5) is 0 Å². The molecule has 0 aromatic carbocycles. The van der Waals surface area contributed by atoms with Gasteiger partial charge in [-0.25, -0.2) is 0 Å². The van der Waals surface area contributed by atoms with Crippen molar-refractivity contribution in [1.29, 1.82) is 0 Å². The van der Waals surface area contributed by atoms with Crippen molar-refractivity contribution in [2.45, 2.75) is 64.0 Å². The summed E-state index contributed by atoms with van der Waals surface area (Å²) in [6.45, 7) is 4.66. The lowest BCUT2D eigenvalue weighted by Gasteiger charge is -2.46. The molecule has 0 amide bonds. The molecule has 1 aliphatic rings. The van der Waals surface area contributed by atoms with Crippen LogP contribution < -0.4 is 5.32 Å². The second-order valence-electron chi connectivity index (χ2n) is 5.55. The van der Waals surface area contributed by atoms with Crippen LogP contribution >= 0.6 is 0 Å². The summed E-state index contributed by atoms with van der Waals surface area (Å²) < 4.78 is 0. The average Bonchev–Trinajstić information content (AvgIpc) is 2.75. The van der Waals surface area contributed by atoms with E-state index < -0.39 is 0 Å². The normalized spacial score (nSPS) is 21.9. The molecule has 0 saturated heterocycles. The lowest BCUT2D eigenvalue weighted by molar-refractivity contribution is 0.0745. The third kappa shape index (κ3) is 2.43. The fraction of sp³-hybridized carbons (Fsp3) is 1.00. The molecule has 0 heterocycles. The molecule has 16 heavy (non-hydrogen) atoms. The molecule has 0 bridgehead atoms. The van der Waals surface area contributed by atoms with Gasteiger partial charge in [0.25, 0.3) is 0 Å². The summed E-state index contributed by atoms with van der Waals surface area (Å²) in [6.07, 6.45) is 8.10. The smallest absolute Gasteiger partial charge is 0.0359 e. The van der Waals surface area contributed by atoms with Crippen molar-refractivity contribution < 1.29 is 0 Å². The maximum absolute atomic E-state index is 3.63. The minimum absolute atomic E-state index is 0.408. The Morgan fingerprint density at radius 2 is 1.62 bits per heavy atom. The number of hydrogen-bond acceptors (Lipinski definition) is 2. The van der Waals surface area contributed by atoms with Crippen LogP contribution in [0.5, 0.6) is 0 Å². The first-order valence-electron chi connectivity index (χ1n) is 6.97. The molecule has 1 atom stereocenters. The van der Waals surface area contributed by atoms with E-state index in [2.05, 4.69) is 45.2 Å². The minimum Gasteiger partial charge on any atom is -0.315 e. The molecule has 2 heteroatoms. The third-order valence-corrected chi connectivity index (χ3v) is 4.77. The van der Waals surface area contributed by atoms with E-state index in [1.807, 2.05) is 0 Å². The van der Waals surface area contributed by atoms with Crippen LogP contribution in [0.1, 0.15) is 52.4 Å². The highest BCUT2D eigenvalue weighted by molar-refractivity contribution is 5.03. The van der Waals surface area contributed by atoms with Gasteiger partial charge in [0.15, 0.2) is 0 Å². The largest absolute Gasteiger partial charge is 0.315 e. The Labute approximate surface area is 102 Å². The van der Waals surface area contributed by atoms with Crippen LogP contribution in [0.2, 0.25) is 0 Å². The van der Waals surface area contributed by atoms with Gasteiger partial charge in [0.1, 0.15) is 0 Å². The van der Waals surface area contributed by atoms with Crippen molar-refractivity contribution >= 4 is 0 Å². The molecular formula is C14H30N2. The Balaban J connectivity index is 2.89. The number of nitrogens with zero attached hydrogens (tertiary/aromatic N) is 1. The maximum atomic E-state index is 3.63. The summed E-state index contributed by atoms with van der Waals surface area (Å²) in [5, 5.41) is 3.63. The maximum Gasteiger partial charge on any atom is 0.0359 e. The molecule has 0 aliphatic heterocycles. The van der Waals surface area contributed by atoms with Crippen molar-refractivity contribution in [3.8, 4) is 0 Å². The summed E-state index contributed by atoms with van der Waals surface area (Å²) in [6, 6.07) is 0.653. The van der Waals surface area contributed by atoms with Crippen molar-refractivity contribution in [2.75, 3.05) is 21.1 Å². The topological polar surface area (TPSA) is 15.3 Å². The number of nitrogens with one attached hydrogen (secondary N) is 1. The Hall–Kier alpha value is -0.0800. The molecule has 0 aromatic heterocycles. The van der Waals surface area contributed by atoms with E-state index in [-0.39, 0.29) is 0 Å². The molecule has 1 aliphatic carbocycles. The molecule has 0 radical (unpaired) electrons. The zero-order valence-electron chi connectivity index (χ0n) is 11.8. The van der Waals surface area contributed by atoms with E-state index in [1.54, 1.807) is 0 Å². The minimum atomic E-state index is 0.408. The number of likely N-dealkylation sites (N-methyl/N-ethyl adjacent to an activating group) is 2. The molecule has 1 fully saturated rings. The summed E-state index contributed by atoms with van der Waals surface area (Å²) in [5.41, 5.74) is 0.408. The van der Waals surface area contributed by atoms with Crippen molar-refractivity contribution in [3.05, 3.63) is 0 Å². The monoisotopic (exact) mass is 226 g/mol. The molecule has 2 nitrogen and oxygen atoms in total. The van der Waals surface area contributed by atoms with E-state index in [1.165, 1.54) is 38.5 Å². The fourth-order valence-corrected chi connectivity index (χ4v) is 3.73. The standard InChI is InChI=1S/C14H30N2/c1-6-12(7-2)13(15-3)14(16(4)5)10-8-9-11-14/h12-13,15H,6-11H2,1-5H3. The number of rotatable bonds is 6. The molecule has 1 saturated carbocycles. The summed E-state index contributed by atoms with van der Waals surface area (Å²) in [7, 11) is 6.67. The predicted octanol–water partition coefficient (Wildman–Crippen LogP) is 2.89. The molecule has 0 spiro atoms. The van der Waals surface area contributed by atoms with Gasteiger partial charge in [0.2, 0.25) is 0 Å². The van der Waals surface area contributed by atoms with Crippen molar-refractivity contribution in [3.63, 3.8) is 0 Å². The first-order valence-corrected chi connectivity index (χ1v) is 6.97. The van der Waals surface area contributed by atoms with E-state index in [9.17, 15) is 0 Å². The van der Waals surface area contributed by atoms with Crippen LogP contribution in [0.3, 0.4) is 0 Å². The average molecular weight is 226 g/mol.